The number of hydrogen-bond acceptors (Lipinski definition) is 3. The molecule has 0 aromatic heterocycles. The number of carbonyl (C=O) groups excluding carboxylic acids is 2. The molecule has 2 unspecified atom stereocenters. The van der Waals surface area contributed by atoms with Crippen molar-refractivity contribution in [1.82, 2.24) is 15.5 Å². The summed E-state index contributed by atoms with van der Waals surface area (Å²) in [5, 5.41) is 6.44. The zero-order valence-electron chi connectivity index (χ0n) is 13.5. The second-order valence-corrected chi connectivity index (χ2v) is 6.81. The molecule has 2 atom stereocenters. The number of piperidine rings is 2. The Hall–Kier alpha value is -1.10. The molecule has 5 nitrogen and oxygen atoms in total. The van der Waals surface area contributed by atoms with Crippen LogP contribution in [-0.2, 0) is 9.59 Å². The van der Waals surface area contributed by atoms with E-state index in [9.17, 15) is 9.59 Å². The van der Waals surface area contributed by atoms with Crippen molar-refractivity contribution in [2.24, 2.45) is 11.8 Å². The average molecular weight is 295 g/mol. The van der Waals surface area contributed by atoms with Gasteiger partial charge in [-0.05, 0) is 38.1 Å². The van der Waals surface area contributed by atoms with E-state index >= 15 is 0 Å². The van der Waals surface area contributed by atoms with Crippen molar-refractivity contribution in [3.05, 3.63) is 0 Å². The van der Waals surface area contributed by atoms with Gasteiger partial charge in [0, 0.05) is 25.0 Å². The molecule has 0 aliphatic carbocycles. The molecule has 5 heteroatoms. The summed E-state index contributed by atoms with van der Waals surface area (Å²) < 4.78 is 0. The summed E-state index contributed by atoms with van der Waals surface area (Å²) in [6.07, 6.45) is 4.02. The Balaban J connectivity index is 1.80. The van der Waals surface area contributed by atoms with Crippen LogP contribution in [0.4, 0.5) is 0 Å². The average Bonchev–Trinajstić information content (AvgIpc) is 2.47. The number of carbonyl (C=O) groups is 2. The van der Waals surface area contributed by atoms with Gasteiger partial charge in [-0.25, -0.2) is 0 Å². The van der Waals surface area contributed by atoms with Gasteiger partial charge < -0.3 is 15.5 Å². The maximum Gasteiger partial charge on any atom is 0.239 e. The van der Waals surface area contributed by atoms with Gasteiger partial charge in [-0.1, -0.05) is 20.8 Å². The number of likely N-dealkylation sites (tertiary alicyclic amines) is 1. The largest absolute Gasteiger partial charge is 0.353 e. The first-order valence-corrected chi connectivity index (χ1v) is 8.31. The molecule has 2 saturated heterocycles. The molecule has 0 bridgehead atoms. The van der Waals surface area contributed by atoms with E-state index in [1.165, 1.54) is 0 Å². The lowest BCUT2D eigenvalue weighted by Crippen LogP contribution is -2.55. The van der Waals surface area contributed by atoms with Crippen molar-refractivity contribution in [3.8, 4) is 0 Å². The van der Waals surface area contributed by atoms with E-state index in [-0.39, 0.29) is 29.8 Å². The Morgan fingerprint density at radius 2 is 1.86 bits per heavy atom. The zero-order chi connectivity index (χ0) is 15.4. The van der Waals surface area contributed by atoms with Crippen LogP contribution in [0.3, 0.4) is 0 Å². The molecule has 0 spiro atoms. The number of rotatable bonds is 3. The highest BCUT2D eigenvalue weighted by atomic mass is 16.2. The number of hydrogen-bond donors (Lipinski definition) is 2. The van der Waals surface area contributed by atoms with Crippen LogP contribution in [0.2, 0.25) is 0 Å². The van der Waals surface area contributed by atoms with Crippen LogP contribution < -0.4 is 10.6 Å². The van der Waals surface area contributed by atoms with Crippen molar-refractivity contribution in [1.29, 1.82) is 0 Å². The second kappa shape index (κ2) is 7.25. The Bertz CT molecular complexity index is 376. The molecule has 2 fully saturated rings. The van der Waals surface area contributed by atoms with Crippen LogP contribution in [-0.4, -0.2) is 48.4 Å². The van der Waals surface area contributed by atoms with E-state index in [2.05, 4.69) is 17.6 Å². The lowest BCUT2D eigenvalue weighted by Gasteiger charge is -2.37. The smallest absolute Gasteiger partial charge is 0.239 e. The van der Waals surface area contributed by atoms with Crippen molar-refractivity contribution >= 4 is 11.8 Å². The molecule has 2 amide bonds. The minimum atomic E-state index is -0.0134. The van der Waals surface area contributed by atoms with Crippen LogP contribution in [0.25, 0.3) is 0 Å². The quantitative estimate of drug-likeness (QED) is 0.821. The summed E-state index contributed by atoms with van der Waals surface area (Å²) in [4.78, 5) is 26.3. The van der Waals surface area contributed by atoms with Gasteiger partial charge in [-0.3, -0.25) is 9.59 Å². The fourth-order valence-electron chi connectivity index (χ4n) is 3.19. The number of nitrogens with zero attached hydrogens (tertiary/aromatic N) is 1. The molecule has 0 radical (unpaired) electrons. The van der Waals surface area contributed by atoms with E-state index in [1.807, 2.05) is 18.7 Å². The van der Waals surface area contributed by atoms with Crippen molar-refractivity contribution in [2.75, 3.05) is 19.6 Å². The third kappa shape index (κ3) is 4.19. The van der Waals surface area contributed by atoms with Gasteiger partial charge >= 0.3 is 0 Å². The third-order valence-corrected chi connectivity index (χ3v) is 4.71. The maximum atomic E-state index is 12.6. The summed E-state index contributed by atoms with van der Waals surface area (Å²) in [6, 6.07) is 0.209. The van der Waals surface area contributed by atoms with Gasteiger partial charge in [0.15, 0.2) is 0 Å². The summed E-state index contributed by atoms with van der Waals surface area (Å²) >= 11 is 0. The van der Waals surface area contributed by atoms with E-state index in [0.29, 0.717) is 5.92 Å². The first kappa shape index (κ1) is 16.3. The maximum absolute atomic E-state index is 12.6. The Labute approximate surface area is 127 Å². The Morgan fingerprint density at radius 1 is 1.19 bits per heavy atom. The summed E-state index contributed by atoms with van der Waals surface area (Å²) in [7, 11) is 0. The summed E-state index contributed by atoms with van der Waals surface area (Å²) in [5.74, 6) is 0.805. The predicted octanol–water partition coefficient (Wildman–Crippen LogP) is 1.14. The third-order valence-electron chi connectivity index (χ3n) is 4.71. The fourth-order valence-corrected chi connectivity index (χ4v) is 3.19. The van der Waals surface area contributed by atoms with E-state index in [0.717, 1.165) is 45.3 Å². The van der Waals surface area contributed by atoms with Gasteiger partial charge in [-0.2, -0.15) is 0 Å². The summed E-state index contributed by atoms with van der Waals surface area (Å²) in [5.41, 5.74) is 0. The second-order valence-electron chi connectivity index (χ2n) is 6.81. The molecule has 2 aliphatic rings. The van der Waals surface area contributed by atoms with Crippen molar-refractivity contribution in [3.63, 3.8) is 0 Å². The van der Waals surface area contributed by atoms with Crippen LogP contribution >= 0.6 is 0 Å². The molecular formula is C16H29N3O2. The zero-order valence-corrected chi connectivity index (χ0v) is 13.5. The monoisotopic (exact) mass is 295 g/mol. The van der Waals surface area contributed by atoms with Crippen LogP contribution in [0.1, 0.15) is 46.5 Å². The first-order valence-electron chi connectivity index (χ1n) is 8.31. The minimum absolute atomic E-state index is 0.0134. The van der Waals surface area contributed by atoms with Gasteiger partial charge in [0.2, 0.25) is 11.8 Å². The molecule has 0 aromatic carbocycles. The lowest BCUT2D eigenvalue weighted by atomic mass is 9.91. The highest BCUT2D eigenvalue weighted by Crippen LogP contribution is 2.20. The Morgan fingerprint density at radius 3 is 2.43 bits per heavy atom. The van der Waals surface area contributed by atoms with E-state index in [4.69, 9.17) is 0 Å². The number of amides is 2. The predicted molar refractivity (Wildman–Crippen MR) is 82.8 cm³/mol. The van der Waals surface area contributed by atoms with Crippen LogP contribution in [0.15, 0.2) is 0 Å². The van der Waals surface area contributed by atoms with Gasteiger partial charge in [0.05, 0.1) is 6.04 Å². The topological polar surface area (TPSA) is 61.4 Å². The highest BCUT2D eigenvalue weighted by Gasteiger charge is 2.33. The Kier molecular flexibility index (Phi) is 5.62. The normalized spacial score (nSPS) is 27.7. The minimum Gasteiger partial charge on any atom is -0.353 e. The molecular weight excluding hydrogens is 266 g/mol. The molecule has 2 N–H and O–H groups in total. The van der Waals surface area contributed by atoms with Gasteiger partial charge in [0.1, 0.15) is 0 Å². The molecule has 2 heterocycles. The van der Waals surface area contributed by atoms with E-state index < -0.39 is 0 Å². The van der Waals surface area contributed by atoms with Crippen LogP contribution in [0.5, 0.6) is 0 Å². The first-order chi connectivity index (χ1) is 9.99. The number of nitrogens with one attached hydrogen (secondary N) is 2. The SMILES string of the molecule is CC(C)C(=O)NC1CCN(C(=O)C2NCCCC2C)CC1. The molecule has 0 aromatic rings. The van der Waals surface area contributed by atoms with Crippen molar-refractivity contribution < 1.29 is 9.59 Å². The molecule has 0 saturated carbocycles. The van der Waals surface area contributed by atoms with Gasteiger partial charge in [-0.15, -0.1) is 0 Å². The molecule has 120 valence electrons. The van der Waals surface area contributed by atoms with E-state index in [1.54, 1.807) is 0 Å². The highest BCUT2D eigenvalue weighted by molar-refractivity contribution is 5.82. The fraction of sp³-hybridized carbons (Fsp3) is 0.875. The molecule has 21 heavy (non-hydrogen) atoms. The van der Waals surface area contributed by atoms with Gasteiger partial charge in [0.25, 0.3) is 0 Å². The van der Waals surface area contributed by atoms with Crippen molar-refractivity contribution in [2.45, 2.75) is 58.5 Å². The summed E-state index contributed by atoms with van der Waals surface area (Å²) in [6.45, 7) is 8.43. The lowest BCUT2D eigenvalue weighted by molar-refractivity contribution is -0.136. The standard InChI is InChI=1S/C16H29N3O2/c1-11(2)15(20)18-13-6-9-19(10-7-13)16(21)14-12(3)5-4-8-17-14/h11-14,17H,4-10H2,1-3H3,(H,18,20). The molecule has 2 rings (SSSR count). The molecule has 2 aliphatic heterocycles. The van der Waals surface area contributed by atoms with Crippen LogP contribution in [0, 0.1) is 11.8 Å².